The van der Waals surface area contributed by atoms with Gasteiger partial charge in [0, 0.05) is 28.4 Å². The highest BCUT2D eigenvalue weighted by molar-refractivity contribution is 6.06. The predicted octanol–water partition coefficient (Wildman–Crippen LogP) is 1.14. The molecule has 2 aliphatic rings. The lowest BCUT2D eigenvalue weighted by Crippen LogP contribution is -2.43. The number of fused-ring (bicyclic) bond motifs is 1. The fourth-order valence-electron chi connectivity index (χ4n) is 3.45. The van der Waals surface area contributed by atoms with Crippen molar-refractivity contribution in [3.8, 4) is 0 Å². The molecule has 4 atom stereocenters. The summed E-state index contributed by atoms with van der Waals surface area (Å²) in [6, 6.07) is 0. The van der Waals surface area contributed by atoms with Gasteiger partial charge in [0.1, 0.15) is 0 Å². The van der Waals surface area contributed by atoms with Gasteiger partial charge in [-0.15, -0.1) is 0 Å². The van der Waals surface area contributed by atoms with Crippen molar-refractivity contribution in [2.24, 2.45) is 11.8 Å². The number of carbonyl (C=O) groups is 2. The number of nitrogens with zero attached hydrogens (tertiary/aromatic N) is 1. The van der Waals surface area contributed by atoms with Crippen LogP contribution in [0.3, 0.4) is 0 Å². The van der Waals surface area contributed by atoms with E-state index >= 15 is 0 Å². The molecule has 1 aliphatic carbocycles. The molecule has 1 fully saturated rings. The molecule has 2 rings (SSSR count). The first kappa shape index (κ1) is 19.8. The topological polar surface area (TPSA) is 74.3 Å². The first-order chi connectivity index (χ1) is 11.8. The molecule has 0 bridgehead atoms. The molecule has 7 nitrogen and oxygen atoms in total. The molecular weight excluding hydrogens is 326 g/mol. The minimum Gasteiger partial charge on any atom is -0.377 e. The van der Waals surface area contributed by atoms with E-state index in [2.05, 4.69) is 0 Å². The zero-order chi connectivity index (χ0) is 18.7. The van der Waals surface area contributed by atoms with E-state index < -0.39 is 30.3 Å². The number of ether oxygens (including phenoxy) is 4. The van der Waals surface area contributed by atoms with Gasteiger partial charge in [0.2, 0.25) is 11.8 Å². The SMILES string of the molecule is COC(/C=C(\C)CO[C@@H]1C(C)=C[C@@H](OC)[C@H]2C(=O)N(C)C(=O)[C@H]21)OC. The summed E-state index contributed by atoms with van der Waals surface area (Å²) in [5.74, 6) is -1.53. The fraction of sp³-hybridized carbons (Fsp3) is 0.667. The Morgan fingerprint density at radius 2 is 1.80 bits per heavy atom. The van der Waals surface area contributed by atoms with Gasteiger partial charge in [0.25, 0.3) is 0 Å². The number of imide groups is 1. The molecule has 0 unspecified atom stereocenters. The van der Waals surface area contributed by atoms with Crippen molar-refractivity contribution in [3.05, 3.63) is 23.3 Å². The lowest BCUT2D eigenvalue weighted by Gasteiger charge is -2.34. The second-order valence-corrected chi connectivity index (χ2v) is 6.48. The van der Waals surface area contributed by atoms with Crippen LogP contribution < -0.4 is 0 Å². The van der Waals surface area contributed by atoms with Gasteiger partial charge in [0.15, 0.2) is 6.29 Å². The molecular formula is C18H27NO6. The zero-order valence-corrected chi connectivity index (χ0v) is 15.6. The predicted molar refractivity (Wildman–Crippen MR) is 90.6 cm³/mol. The molecule has 0 aromatic carbocycles. The maximum Gasteiger partial charge on any atom is 0.235 e. The third-order valence-electron chi connectivity index (χ3n) is 4.82. The van der Waals surface area contributed by atoms with Crippen LogP contribution in [0.15, 0.2) is 23.3 Å². The van der Waals surface area contributed by atoms with E-state index in [-0.39, 0.29) is 11.8 Å². The van der Waals surface area contributed by atoms with Crippen LogP contribution in [0.1, 0.15) is 13.8 Å². The highest BCUT2D eigenvalue weighted by Crippen LogP contribution is 2.40. The minimum atomic E-state index is -0.555. The van der Waals surface area contributed by atoms with E-state index in [1.807, 2.05) is 26.0 Å². The van der Waals surface area contributed by atoms with Gasteiger partial charge in [-0.2, -0.15) is 0 Å². The molecule has 1 saturated heterocycles. The lowest BCUT2D eigenvalue weighted by molar-refractivity contribution is -0.139. The second kappa shape index (κ2) is 8.23. The summed E-state index contributed by atoms with van der Waals surface area (Å²) >= 11 is 0. The summed E-state index contributed by atoms with van der Waals surface area (Å²) in [6.07, 6.45) is 2.38. The van der Waals surface area contributed by atoms with E-state index in [0.29, 0.717) is 6.61 Å². The zero-order valence-electron chi connectivity index (χ0n) is 15.6. The fourth-order valence-corrected chi connectivity index (χ4v) is 3.45. The maximum atomic E-state index is 12.6. The normalized spacial score (nSPS) is 30.1. The molecule has 0 radical (unpaired) electrons. The van der Waals surface area contributed by atoms with Crippen LogP contribution in [0.2, 0.25) is 0 Å². The first-order valence-corrected chi connectivity index (χ1v) is 8.22. The molecule has 140 valence electrons. The van der Waals surface area contributed by atoms with Crippen LogP contribution in [0.4, 0.5) is 0 Å². The third-order valence-corrected chi connectivity index (χ3v) is 4.82. The molecule has 0 spiro atoms. The summed E-state index contributed by atoms with van der Waals surface area (Å²) in [4.78, 5) is 26.2. The van der Waals surface area contributed by atoms with Gasteiger partial charge in [-0.3, -0.25) is 14.5 Å². The van der Waals surface area contributed by atoms with Crippen molar-refractivity contribution >= 4 is 11.8 Å². The molecule has 1 heterocycles. The van der Waals surface area contributed by atoms with Crippen molar-refractivity contribution < 1.29 is 28.5 Å². The van der Waals surface area contributed by atoms with Crippen molar-refractivity contribution in [2.45, 2.75) is 32.3 Å². The Labute approximate surface area is 148 Å². The smallest absolute Gasteiger partial charge is 0.235 e. The number of amides is 2. The van der Waals surface area contributed by atoms with Gasteiger partial charge in [-0.05, 0) is 31.1 Å². The van der Waals surface area contributed by atoms with Crippen LogP contribution in [0, 0.1) is 11.8 Å². The van der Waals surface area contributed by atoms with E-state index in [1.165, 1.54) is 11.9 Å². The van der Waals surface area contributed by atoms with Crippen LogP contribution in [-0.4, -0.2) is 70.2 Å². The summed E-state index contributed by atoms with van der Waals surface area (Å²) in [5, 5.41) is 0. The second-order valence-electron chi connectivity index (χ2n) is 6.48. The summed E-state index contributed by atoms with van der Waals surface area (Å²) < 4.78 is 21.7. The van der Waals surface area contributed by atoms with Gasteiger partial charge >= 0.3 is 0 Å². The Hall–Kier alpha value is -1.54. The molecule has 0 saturated carbocycles. The van der Waals surface area contributed by atoms with E-state index in [9.17, 15) is 9.59 Å². The Morgan fingerprint density at radius 1 is 1.20 bits per heavy atom. The van der Waals surface area contributed by atoms with Crippen molar-refractivity contribution in [3.63, 3.8) is 0 Å². The number of methoxy groups -OCH3 is 3. The monoisotopic (exact) mass is 353 g/mol. The number of hydrogen-bond acceptors (Lipinski definition) is 6. The van der Waals surface area contributed by atoms with Crippen molar-refractivity contribution in [2.75, 3.05) is 35.0 Å². The molecule has 0 N–H and O–H groups in total. The highest BCUT2D eigenvalue weighted by atomic mass is 16.7. The Balaban J connectivity index is 2.19. The van der Waals surface area contributed by atoms with E-state index in [1.54, 1.807) is 21.3 Å². The van der Waals surface area contributed by atoms with Gasteiger partial charge in [0.05, 0.1) is 30.7 Å². The Morgan fingerprint density at radius 3 is 2.36 bits per heavy atom. The van der Waals surface area contributed by atoms with Crippen LogP contribution in [0.25, 0.3) is 0 Å². The van der Waals surface area contributed by atoms with Crippen LogP contribution >= 0.6 is 0 Å². The number of rotatable bonds is 7. The largest absolute Gasteiger partial charge is 0.377 e. The van der Waals surface area contributed by atoms with Crippen LogP contribution in [0.5, 0.6) is 0 Å². The summed E-state index contributed by atoms with van der Waals surface area (Å²) in [7, 11) is 6.17. The minimum absolute atomic E-state index is 0.217. The summed E-state index contributed by atoms with van der Waals surface area (Å²) in [5.41, 5.74) is 1.81. The quantitative estimate of drug-likeness (QED) is 0.388. The van der Waals surface area contributed by atoms with E-state index in [4.69, 9.17) is 18.9 Å². The highest BCUT2D eigenvalue weighted by Gasteiger charge is 2.55. The summed E-state index contributed by atoms with van der Waals surface area (Å²) in [6.45, 7) is 4.11. The average molecular weight is 353 g/mol. The lowest BCUT2D eigenvalue weighted by atomic mass is 9.77. The number of carbonyl (C=O) groups excluding carboxylic acids is 2. The van der Waals surface area contributed by atoms with Crippen LogP contribution in [-0.2, 0) is 28.5 Å². The van der Waals surface area contributed by atoms with E-state index in [0.717, 1.165) is 11.1 Å². The standard InChI is InChI=1S/C18H27NO6/c1-10(7-13(23-5)24-6)9-25-16-11(2)8-12(22-4)14-15(16)18(21)19(3)17(14)20/h7-8,12-16H,9H2,1-6H3/b10-7+/t12-,14-,15-,16-/m1/s1. The number of likely N-dealkylation sites (tertiary alicyclic amines) is 1. The molecule has 1 aliphatic heterocycles. The molecule has 7 heteroatoms. The third kappa shape index (κ3) is 3.84. The van der Waals surface area contributed by atoms with Crippen molar-refractivity contribution in [1.82, 2.24) is 4.90 Å². The maximum absolute atomic E-state index is 12.6. The average Bonchev–Trinajstić information content (AvgIpc) is 2.83. The molecule has 25 heavy (non-hydrogen) atoms. The molecule has 2 amide bonds. The number of hydrogen-bond donors (Lipinski definition) is 0. The Kier molecular flexibility index (Phi) is 6.51. The van der Waals surface area contributed by atoms with Crippen molar-refractivity contribution in [1.29, 1.82) is 0 Å². The molecule has 0 aromatic heterocycles. The van der Waals surface area contributed by atoms with Gasteiger partial charge in [-0.1, -0.05) is 6.08 Å². The first-order valence-electron chi connectivity index (χ1n) is 8.22. The Bertz CT molecular complexity index is 580. The molecule has 0 aromatic rings. The van der Waals surface area contributed by atoms with Gasteiger partial charge in [-0.25, -0.2) is 0 Å². The van der Waals surface area contributed by atoms with Gasteiger partial charge < -0.3 is 18.9 Å².